The molecule has 0 fully saturated rings. The maximum Gasteiger partial charge on any atom is 0.387 e. The highest BCUT2D eigenvalue weighted by molar-refractivity contribution is 5.95. The van der Waals surface area contributed by atoms with Gasteiger partial charge in [0.2, 0.25) is 6.54 Å². The van der Waals surface area contributed by atoms with E-state index in [4.69, 9.17) is 0 Å². The monoisotopic (exact) mass is 353 g/mol. The molecule has 2 atom stereocenters. The van der Waals surface area contributed by atoms with Crippen LogP contribution < -0.4 is 0 Å². The molecule has 1 rings (SSSR count). The number of carbonyl (C=O) groups is 2. The number of esters is 2. The van der Waals surface area contributed by atoms with Gasteiger partial charge < -0.3 is 14.2 Å². The topological polar surface area (TPSA) is 105 Å². The summed E-state index contributed by atoms with van der Waals surface area (Å²) >= 11 is 0. The predicted molar refractivity (Wildman–Crippen MR) is 70.7 cm³/mol. The summed E-state index contributed by atoms with van der Waals surface area (Å²) in [6.45, 7) is -4.23. The summed E-state index contributed by atoms with van der Waals surface area (Å²) < 4.78 is 51.3. The number of ether oxygens (including phenoxy) is 3. The second kappa shape index (κ2) is 8.31. The van der Waals surface area contributed by atoms with E-state index in [1.807, 2.05) is 0 Å². The fourth-order valence-electron chi connectivity index (χ4n) is 2.34. The van der Waals surface area contributed by atoms with Gasteiger partial charge in [0.1, 0.15) is 11.6 Å². The van der Waals surface area contributed by atoms with Gasteiger partial charge in [0.25, 0.3) is 0 Å². The second-order valence-electron chi connectivity index (χ2n) is 4.71. The molecule has 0 aromatic carbocycles. The van der Waals surface area contributed by atoms with Crippen LogP contribution >= 0.6 is 0 Å². The molecule has 0 aromatic heterocycles. The van der Waals surface area contributed by atoms with Gasteiger partial charge in [-0.1, -0.05) is 0 Å². The third-order valence-electron chi connectivity index (χ3n) is 3.33. The smallest absolute Gasteiger partial charge is 0.387 e. The van der Waals surface area contributed by atoms with Gasteiger partial charge in [-0.15, -0.1) is 0 Å². The SMILES string of the molecule is COC(=O)C(C(=O)OC)C(C[N+](=O)[O-])C1C=C(OC(F)F)C=C1F. The van der Waals surface area contributed by atoms with Crippen LogP contribution in [0.5, 0.6) is 0 Å². The average Bonchev–Trinajstić information content (AvgIpc) is 2.84. The summed E-state index contributed by atoms with van der Waals surface area (Å²) in [5.41, 5.74) is 0. The number of carbonyl (C=O) groups excluding carboxylic acids is 2. The summed E-state index contributed by atoms with van der Waals surface area (Å²) in [7, 11) is 1.87. The molecular formula is C13H14F3NO7. The van der Waals surface area contributed by atoms with Gasteiger partial charge in [0.05, 0.1) is 20.1 Å². The first kappa shape index (κ1) is 19.5. The summed E-state index contributed by atoms with van der Waals surface area (Å²) in [6, 6.07) is 0. The Kier molecular flexibility index (Phi) is 6.74. The number of halogens is 3. The summed E-state index contributed by atoms with van der Waals surface area (Å²) in [5, 5.41) is 10.8. The van der Waals surface area contributed by atoms with Crippen molar-refractivity contribution < 1.29 is 41.9 Å². The van der Waals surface area contributed by atoms with Crippen LogP contribution in [0.15, 0.2) is 23.7 Å². The number of hydrogen-bond donors (Lipinski definition) is 0. The minimum atomic E-state index is -3.23. The zero-order valence-corrected chi connectivity index (χ0v) is 12.6. The Morgan fingerprint density at radius 3 is 2.25 bits per heavy atom. The van der Waals surface area contributed by atoms with Gasteiger partial charge in [-0.25, -0.2) is 4.39 Å². The van der Waals surface area contributed by atoms with E-state index in [2.05, 4.69) is 14.2 Å². The van der Waals surface area contributed by atoms with E-state index in [1.54, 1.807) is 0 Å². The molecule has 0 radical (unpaired) electrons. The van der Waals surface area contributed by atoms with Crippen molar-refractivity contribution in [1.29, 1.82) is 0 Å². The van der Waals surface area contributed by atoms with Gasteiger partial charge >= 0.3 is 18.6 Å². The van der Waals surface area contributed by atoms with E-state index in [0.29, 0.717) is 6.08 Å². The van der Waals surface area contributed by atoms with Gasteiger partial charge in [-0.2, -0.15) is 8.78 Å². The Labute approximate surface area is 134 Å². The van der Waals surface area contributed by atoms with Crippen molar-refractivity contribution >= 4 is 11.9 Å². The van der Waals surface area contributed by atoms with Gasteiger partial charge in [0.15, 0.2) is 5.92 Å². The van der Waals surface area contributed by atoms with E-state index < -0.39 is 59.4 Å². The molecule has 0 spiro atoms. The summed E-state index contributed by atoms with van der Waals surface area (Å²) in [4.78, 5) is 33.6. The molecule has 0 aliphatic heterocycles. The van der Waals surface area contributed by atoms with Gasteiger partial charge in [0, 0.05) is 16.9 Å². The van der Waals surface area contributed by atoms with E-state index in [-0.39, 0.29) is 0 Å². The van der Waals surface area contributed by atoms with Crippen molar-refractivity contribution in [2.75, 3.05) is 20.8 Å². The molecule has 134 valence electrons. The fourth-order valence-corrected chi connectivity index (χ4v) is 2.34. The first-order valence-electron chi connectivity index (χ1n) is 6.52. The molecule has 24 heavy (non-hydrogen) atoms. The third-order valence-corrected chi connectivity index (χ3v) is 3.33. The number of alkyl halides is 2. The van der Waals surface area contributed by atoms with Gasteiger partial charge in [-0.3, -0.25) is 19.7 Å². The summed E-state index contributed by atoms with van der Waals surface area (Å²) in [5.74, 6) is -8.81. The Morgan fingerprint density at radius 1 is 1.29 bits per heavy atom. The van der Waals surface area contributed by atoms with Crippen LogP contribution in [0.4, 0.5) is 13.2 Å². The molecule has 2 unspecified atom stereocenters. The molecule has 11 heteroatoms. The van der Waals surface area contributed by atoms with Gasteiger partial charge in [-0.05, 0) is 6.08 Å². The number of nitrogens with zero attached hydrogens (tertiary/aromatic N) is 1. The van der Waals surface area contributed by atoms with E-state index in [9.17, 15) is 32.9 Å². The number of rotatable bonds is 8. The van der Waals surface area contributed by atoms with E-state index in [1.165, 1.54) is 0 Å². The van der Waals surface area contributed by atoms with Crippen LogP contribution in [0.3, 0.4) is 0 Å². The van der Waals surface area contributed by atoms with Crippen LogP contribution in [0.25, 0.3) is 0 Å². The van der Waals surface area contributed by atoms with Crippen LogP contribution in [0, 0.1) is 27.9 Å². The van der Waals surface area contributed by atoms with Crippen LogP contribution in [0.1, 0.15) is 0 Å². The van der Waals surface area contributed by atoms with Crippen LogP contribution in [0.2, 0.25) is 0 Å². The lowest BCUT2D eigenvalue weighted by molar-refractivity contribution is -0.490. The fraction of sp³-hybridized carbons (Fsp3) is 0.538. The average molecular weight is 353 g/mol. The van der Waals surface area contributed by atoms with Crippen molar-refractivity contribution in [3.05, 3.63) is 33.9 Å². The molecule has 0 saturated heterocycles. The number of methoxy groups -OCH3 is 2. The number of allylic oxidation sites excluding steroid dienone is 3. The molecule has 8 nitrogen and oxygen atoms in total. The maximum absolute atomic E-state index is 14.0. The largest absolute Gasteiger partial charge is 0.468 e. The summed E-state index contributed by atoms with van der Waals surface area (Å²) in [6.07, 6.45) is 1.45. The minimum absolute atomic E-state index is 0.561. The predicted octanol–water partition coefficient (Wildman–Crippen LogP) is 1.45. The highest BCUT2D eigenvalue weighted by atomic mass is 19.3. The highest BCUT2D eigenvalue weighted by Gasteiger charge is 2.46. The Hall–Kier alpha value is -2.59. The molecule has 0 heterocycles. The lowest BCUT2D eigenvalue weighted by atomic mass is 9.81. The lowest BCUT2D eigenvalue weighted by Crippen LogP contribution is -2.40. The second-order valence-corrected chi connectivity index (χ2v) is 4.71. The Bertz CT molecular complexity index is 560. The molecule has 1 aliphatic rings. The maximum atomic E-state index is 14.0. The molecule has 1 aliphatic carbocycles. The quantitative estimate of drug-likeness (QED) is 0.281. The highest BCUT2D eigenvalue weighted by Crippen LogP contribution is 2.37. The first-order chi connectivity index (χ1) is 11.2. The zero-order valence-electron chi connectivity index (χ0n) is 12.6. The van der Waals surface area contributed by atoms with Crippen molar-refractivity contribution in [3.8, 4) is 0 Å². The van der Waals surface area contributed by atoms with Crippen molar-refractivity contribution in [1.82, 2.24) is 0 Å². The standard InChI is InChI=1S/C13H14F3NO7/c1-22-11(18)10(12(19)23-2)8(5-17(20)21)7-3-6(4-9(7)14)24-13(15)16/h3-4,7-8,10,13H,5H2,1-2H3. The van der Waals surface area contributed by atoms with Crippen molar-refractivity contribution in [2.24, 2.45) is 17.8 Å². The minimum Gasteiger partial charge on any atom is -0.468 e. The normalized spacial score (nSPS) is 18.0. The van der Waals surface area contributed by atoms with Crippen LogP contribution in [-0.2, 0) is 23.8 Å². The molecule has 0 amide bonds. The molecule has 0 N–H and O–H groups in total. The Balaban J connectivity index is 3.22. The van der Waals surface area contributed by atoms with Crippen LogP contribution in [-0.4, -0.2) is 44.2 Å². The lowest BCUT2D eigenvalue weighted by Gasteiger charge is -2.24. The Morgan fingerprint density at radius 2 is 1.83 bits per heavy atom. The van der Waals surface area contributed by atoms with E-state index in [0.717, 1.165) is 20.3 Å². The molecule has 0 saturated carbocycles. The third kappa shape index (κ3) is 4.70. The zero-order chi connectivity index (χ0) is 18.4. The molecular weight excluding hydrogens is 339 g/mol. The number of nitro groups is 1. The molecule has 0 aromatic rings. The number of hydrogen-bond acceptors (Lipinski definition) is 7. The molecule has 0 bridgehead atoms. The van der Waals surface area contributed by atoms with Crippen molar-refractivity contribution in [2.45, 2.75) is 6.61 Å². The van der Waals surface area contributed by atoms with E-state index >= 15 is 0 Å². The van der Waals surface area contributed by atoms with Crippen molar-refractivity contribution in [3.63, 3.8) is 0 Å². The first-order valence-corrected chi connectivity index (χ1v) is 6.52.